The standard InChI is InChI=1S/C34H16F6N6/c35-33(36,37)29-11-19(5-7-43-29)17-1-3-21-23-13-28-24(14-27(23)31(45-15-41)25(21)9-17)22-4-2-18(10-26(22)32(28)46-16-42)20-6-8-44-30(12-20)34(38,39)40/h1-13,24H,14H2. The predicted molar refractivity (Wildman–Crippen MR) is 156 cm³/mol. The van der Waals surface area contributed by atoms with Gasteiger partial charge in [0.05, 0.1) is 11.4 Å². The number of benzene rings is 2. The van der Waals surface area contributed by atoms with Crippen LogP contribution in [-0.2, 0) is 12.4 Å². The molecule has 7 rings (SSSR count). The molecule has 1 atom stereocenters. The monoisotopic (exact) mass is 622 g/mol. The number of halogens is 6. The third kappa shape index (κ3) is 4.66. The van der Waals surface area contributed by atoms with Gasteiger partial charge in [-0.2, -0.15) is 46.9 Å². The van der Waals surface area contributed by atoms with Crippen LogP contribution in [0.1, 0.15) is 46.0 Å². The van der Waals surface area contributed by atoms with Crippen LogP contribution in [0, 0.1) is 22.9 Å². The molecular formula is C34H16F6N6. The highest BCUT2D eigenvalue weighted by atomic mass is 19.4. The first-order valence-electron chi connectivity index (χ1n) is 13.7. The van der Waals surface area contributed by atoms with E-state index in [0.717, 1.165) is 46.8 Å². The Hall–Kier alpha value is -5.88. The summed E-state index contributed by atoms with van der Waals surface area (Å²) in [6.45, 7) is 0. The minimum atomic E-state index is -4.62. The topological polar surface area (TPSA) is 98.1 Å². The molecule has 0 N–H and O–H groups in total. The zero-order chi connectivity index (χ0) is 32.4. The van der Waals surface area contributed by atoms with Gasteiger partial charge in [-0.05, 0) is 99.0 Å². The summed E-state index contributed by atoms with van der Waals surface area (Å²) in [4.78, 5) is 15.1. The number of rotatable bonds is 2. The SMILES string of the molecule is N#CN=C1C2=C(C=C3C(=NC#N)c4cc(-c5ccnc(C(F)(F)F)c5)ccc4C3C2)c2ccc(-c3ccnc(C(F)(F)F)c3)cc21. The summed E-state index contributed by atoms with van der Waals surface area (Å²) in [6.07, 6.45) is -1.11. The van der Waals surface area contributed by atoms with E-state index in [1.165, 1.54) is 12.1 Å². The highest BCUT2D eigenvalue weighted by molar-refractivity contribution is 6.28. The second-order valence-corrected chi connectivity index (χ2v) is 10.8. The Morgan fingerprint density at radius 2 is 1.20 bits per heavy atom. The van der Waals surface area contributed by atoms with E-state index in [4.69, 9.17) is 0 Å². The van der Waals surface area contributed by atoms with Crippen molar-refractivity contribution < 1.29 is 26.3 Å². The molecule has 0 spiro atoms. The highest BCUT2D eigenvalue weighted by Crippen LogP contribution is 2.52. The summed E-state index contributed by atoms with van der Waals surface area (Å²) in [5, 5.41) is 19.2. The molecule has 0 fully saturated rings. The molecule has 6 nitrogen and oxygen atoms in total. The van der Waals surface area contributed by atoms with Gasteiger partial charge in [-0.25, -0.2) is 0 Å². The minimum Gasteiger partial charge on any atom is -0.252 e. The van der Waals surface area contributed by atoms with E-state index in [1.807, 2.05) is 18.5 Å². The summed E-state index contributed by atoms with van der Waals surface area (Å²) >= 11 is 0. The van der Waals surface area contributed by atoms with Crippen molar-refractivity contribution in [2.75, 3.05) is 0 Å². The number of aliphatic imine (C=N–C) groups is 2. The van der Waals surface area contributed by atoms with Crippen molar-refractivity contribution in [1.82, 2.24) is 9.97 Å². The van der Waals surface area contributed by atoms with E-state index in [1.54, 1.807) is 36.4 Å². The van der Waals surface area contributed by atoms with Crippen LogP contribution in [0.25, 0.3) is 27.8 Å². The first-order valence-corrected chi connectivity index (χ1v) is 13.7. The molecule has 0 aliphatic heterocycles. The molecule has 0 amide bonds. The number of aromatic nitrogens is 2. The average molecular weight is 623 g/mol. The molecule has 3 aliphatic carbocycles. The van der Waals surface area contributed by atoms with Gasteiger partial charge in [-0.15, -0.1) is 0 Å². The second kappa shape index (κ2) is 10.3. The first-order chi connectivity index (χ1) is 22.0. The fraction of sp³-hybridized carbons (Fsp3) is 0.118. The van der Waals surface area contributed by atoms with Crippen LogP contribution in [0.4, 0.5) is 26.3 Å². The number of hydrogen-bond donors (Lipinski definition) is 0. The summed E-state index contributed by atoms with van der Waals surface area (Å²) < 4.78 is 80.0. The number of pyridine rings is 2. The maximum Gasteiger partial charge on any atom is 0.433 e. The number of fused-ring (bicyclic) bond motifs is 5. The molecule has 2 aromatic carbocycles. The number of allylic oxidation sites excluding steroid dienone is 4. The molecule has 0 bridgehead atoms. The average Bonchev–Trinajstić information content (AvgIpc) is 3.50. The Morgan fingerprint density at radius 3 is 1.78 bits per heavy atom. The Labute approximate surface area is 257 Å². The van der Waals surface area contributed by atoms with Gasteiger partial charge in [0.2, 0.25) is 12.4 Å². The summed E-state index contributed by atoms with van der Waals surface area (Å²) in [6, 6.07) is 15.2. The molecule has 3 aliphatic rings. The normalized spacial score (nSPS) is 18.4. The molecule has 0 radical (unpaired) electrons. The quantitative estimate of drug-likeness (QED) is 0.166. The Morgan fingerprint density at radius 1 is 0.652 bits per heavy atom. The van der Waals surface area contributed by atoms with Crippen molar-refractivity contribution >= 4 is 17.0 Å². The van der Waals surface area contributed by atoms with E-state index in [2.05, 4.69) is 20.0 Å². The molecule has 0 saturated heterocycles. The molecule has 4 aromatic rings. The maximum atomic E-state index is 13.3. The van der Waals surface area contributed by atoms with E-state index in [9.17, 15) is 36.9 Å². The Balaban J connectivity index is 1.31. The van der Waals surface area contributed by atoms with Gasteiger partial charge in [-0.3, -0.25) is 9.97 Å². The predicted octanol–water partition coefficient (Wildman–Crippen LogP) is 8.28. The molecule has 46 heavy (non-hydrogen) atoms. The highest BCUT2D eigenvalue weighted by Gasteiger charge is 2.41. The van der Waals surface area contributed by atoms with E-state index in [-0.39, 0.29) is 5.92 Å². The van der Waals surface area contributed by atoms with Gasteiger partial charge in [0.25, 0.3) is 0 Å². The van der Waals surface area contributed by atoms with Crippen LogP contribution < -0.4 is 0 Å². The van der Waals surface area contributed by atoms with Crippen molar-refractivity contribution in [1.29, 1.82) is 10.5 Å². The molecule has 224 valence electrons. The third-order valence-corrected chi connectivity index (χ3v) is 8.31. The van der Waals surface area contributed by atoms with Gasteiger partial charge < -0.3 is 0 Å². The zero-order valence-corrected chi connectivity index (χ0v) is 23.2. The van der Waals surface area contributed by atoms with Crippen LogP contribution in [0.3, 0.4) is 0 Å². The number of alkyl halides is 6. The Kier molecular flexibility index (Phi) is 6.49. The van der Waals surface area contributed by atoms with Crippen LogP contribution in [0.15, 0.2) is 100 Å². The lowest BCUT2D eigenvalue weighted by Crippen LogP contribution is -2.11. The largest absolute Gasteiger partial charge is 0.433 e. The summed E-state index contributed by atoms with van der Waals surface area (Å²) in [5.74, 6) is -0.287. The van der Waals surface area contributed by atoms with Gasteiger partial charge in [0.15, 0.2) is 0 Å². The van der Waals surface area contributed by atoms with Crippen molar-refractivity contribution in [3.05, 3.63) is 124 Å². The van der Waals surface area contributed by atoms with Gasteiger partial charge in [-0.1, -0.05) is 24.3 Å². The van der Waals surface area contributed by atoms with Gasteiger partial charge >= 0.3 is 12.4 Å². The van der Waals surface area contributed by atoms with Crippen molar-refractivity contribution in [2.45, 2.75) is 24.7 Å². The van der Waals surface area contributed by atoms with Crippen molar-refractivity contribution in [3.8, 4) is 34.6 Å². The van der Waals surface area contributed by atoms with E-state index < -0.39 is 23.7 Å². The molecule has 2 heterocycles. The third-order valence-electron chi connectivity index (χ3n) is 8.31. The molecular weight excluding hydrogens is 606 g/mol. The van der Waals surface area contributed by atoms with Gasteiger partial charge in [0, 0.05) is 29.4 Å². The second-order valence-electron chi connectivity index (χ2n) is 10.8. The number of nitriles is 2. The fourth-order valence-electron chi connectivity index (χ4n) is 6.34. The van der Waals surface area contributed by atoms with Crippen molar-refractivity contribution in [2.24, 2.45) is 9.98 Å². The summed E-state index contributed by atoms with van der Waals surface area (Å²) in [5.41, 5.74) is 5.26. The first kappa shape index (κ1) is 28.9. The zero-order valence-electron chi connectivity index (χ0n) is 23.2. The number of hydrogen-bond acceptors (Lipinski definition) is 6. The smallest absolute Gasteiger partial charge is 0.252 e. The lowest BCUT2D eigenvalue weighted by molar-refractivity contribution is -0.141. The van der Waals surface area contributed by atoms with Crippen LogP contribution >= 0.6 is 0 Å². The summed E-state index contributed by atoms with van der Waals surface area (Å²) in [7, 11) is 0. The fourth-order valence-corrected chi connectivity index (χ4v) is 6.34. The van der Waals surface area contributed by atoms with Crippen LogP contribution in [0.5, 0.6) is 0 Å². The molecule has 1 unspecified atom stereocenters. The minimum absolute atomic E-state index is 0.287. The van der Waals surface area contributed by atoms with Gasteiger partial charge in [0.1, 0.15) is 11.4 Å². The lowest BCUT2D eigenvalue weighted by Gasteiger charge is -2.20. The molecule has 2 aromatic heterocycles. The van der Waals surface area contributed by atoms with E-state index >= 15 is 0 Å². The lowest BCUT2D eigenvalue weighted by atomic mass is 9.82. The number of nitrogens with zero attached hydrogens (tertiary/aromatic N) is 6. The maximum absolute atomic E-state index is 13.3. The van der Waals surface area contributed by atoms with Crippen molar-refractivity contribution in [3.63, 3.8) is 0 Å². The van der Waals surface area contributed by atoms with Crippen LogP contribution in [0.2, 0.25) is 0 Å². The molecule has 0 saturated carbocycles. The van der Waals surface area contributed by atoms with E-state index in [0.29, 0.717) is 56.8 Å². The molecule has 12 heteroatoms. The Bertz CT molecular complexity index is 2190. The van der Waals surface area contributed by atoms with Crippen LogP contribution in [-0.4, -0.2) is 21.4 Å².